The zero-order chi connectivity index (χ0) is 14.5. The second kappa shape index (κ2) is 6.30. The highest BCUT2D eigenvalue weighted by molar-refractivity contribution is 5.70. The highest BCUT2D eigenvalue weighted by Crippen LogP contribution is 2.27. The molecule has 104 valence electrons. The first-order chi connectivity index (χ1) is 9.61. The van der Waals surface area contributed by atoms with Crippen molar-refractivity contribution in [1.29, 1.82) is 0 Å². The number of nitrogens with zero attached hydrogens (tertiary/aromatic N) is 1. The molecule has 0 unspecified atom stereocenters. The van der Waals surface area contributed by atoms with E-state index in [9.17, 15) is 10.1 Å². The zero-order valence-electron chi connectivity index (χ0n) is 11.7. The number of hydrogen-bond acceptors (Lipinski definition) is 3. The van der Waals surface area contributed by atoms with Gasteiger partial charge in [0, 0.05) is 18.7 Å². The molecule has 0 aliphatic heterocycles. The highest BCUT2D eigenvalue weighted by Gasteiger charge is 2.09. The normalized spacial score (nSPS) is 10.5. The second-order valence-corrected chi connectivity index (χ2v) is 4.74. The Morgan fingerprint density at radius 1 is 1.20 bits per heavy atom. The molecule has 0 aliphatic carbocycles. The van der Waals surface area contributed by atoms with Crippen molar-refractivity contribution in [3.05, 3.63) is 63.7 Å². The molecule has 0 bridgehead atoms. The van der Waals surface area contributed by atoms with Crippen LogP contribution >= 0.6 is 0 Å². The molecular formula is C16H18N2O2. The first-order valence-electron chi connectivity index (χ1n) is 6.67. The van der Waals surface area contributed by atoms with Crippen LogP contribution in [-0.4, -0.2) is 11.5 Å². The van der Waals surface area contributed by atoms with Crippen LogP contribution in [0.1, 0.15) is 18.1 Å². The van der Waals surface area contributed by atoms with Crippen LogP contribution < -0.4 is 5.32 Å². The number of hydrogen-bond donors (Lipinski definition) is 1. The summed E-state index contributed by atoms with van der Waals surface area (Å²) in [4.78, 5) is 10.5. The van der Waals surface area contributed by atoms with Crippen LogP contribution in [0.25, 0.3) is 11.1 Å². The zero-order valence-corrected chi connectivity index (χ0v) is 11.7. The Bertz CT molecular complexity index is 624. The van der Waals surface area contributed by atoms with Crippen LogP contribution in [0.4, 0.5) is 5.69 Å². The summed E-state index contributed by atoms with van der Waals surface area (Å²) in [6.07, 6.45) is 0. The first-order valence-corrected chi connectivity index (χ1v) is 6.67. The van der Waals surface area contributed by atoms with E-state index in [2.05, 4.69) is 30.4 Å². The minimum atomic E-state index is -0.360. The number of non-ortho nitro benzene ring substituents is 1. The van der Waals surface area contributed by atoms with E-state index in [1.165, 1.54) is 11.6 Å². The van der Waals surface area contributed by atoms with Crippen molar-refractivity contribution in [3.63, 3.8) is 0 Å². The third-order valence-electron chi connectivity index (χ3n) is 3.25. The van der Waals surface area contributed by atoms with Crippen LogP contribution in [-0.2, 0) is 6.54 Å². The third-order valence-corrected chi connectivity index (χ3v) is 3.25. The monoisotopic (exact) mass is 270 g/mol. The van der Waals surface area contributed by atoms with Gasteiger partial charge in [0.25, 0.3) is 5.69 Å². The molecule has 1 N–H and O–H groups in total. The van der Waals surface area contributed by atoms with E-state index in [0.29, 0.717) is 0 Å². The topological polar surface area (TPSA) is 55.2 Å². The minimum Gasteiger partial charge on any atom is -0.313 e. The summed E-state index contributed by atoms with van der Waals surface area (Å²) >= 11 is 0. The number of nitrogens with one attached hydrogen (secondary N) is 1. The number of nitro benzene ring substituents is 1. The lowest BCUT2D eigenvalue weighted by molar-refractivity contribution is -0.384. The Kier molecular flexibility index (Phi) is 4.48. The van der Waals surface area contributed by atoms with Gasteiger partial charge in [0.2, 0.25) is 0 Å². The predicted octanol–water partition coefficient (Wildman–Crippen LogP) is 3.68. The van der Waals surface area contributed by atoms with Gasteiger partial charge in [-0.05, 0) is 41.8 Å². The van der Waals surface area contributed by atoms with Crippen molar-refractivity contribution in [2.75, 3.05) is 6.54 Å². The van der Waals surface area contributed by atoms with Crippen LogP contribution in [0.3, 0.4) is 0 Å². The Balaban J connectivity index is 2.40. The summed E-state index contributed by atoms with van der Waals surface area (Å²) in [5.74, 6) is 0. The van der Waals surface area contributed by atoms with E-state index >= 15 is 0 Å². The molecule has 0 aromatic heterocycles. The molecule has 20 heavy (non-hydrogen) atoms. The van der Waals surface area contributed by atoms with Gasteiger partial charge in [-0.15, -0.1) is 0 Å². The molecule has 0 saturated carbocycles. The number of benzene rings is 2. The maximum atomic E-state index is 10.9. The minimum absolute atomic E-state index is 0.124. The van der Waals surface area contributed by atoms with E-state index in [1.807, 2.05) is 13.0 Å². The van der Waals surface area contributed by atoms with Crippen molar-refractivity contribution in [3.8, 4) is 11.1 Å². The van der Waals surface area contributed by atoms with Crippen LogP contribution in [0.15, 0.2) is 42.5 Å². The Hall–Kier alpha value is -2.20. The fourth-order valence-corrected chi connectivity index (χ4v) is 2.15. The van der Waals surface area contributed by atoms with E-state index in [-0.39, 0.29) is 10.6 Å². The molecule has 0 spiro atoms. The molecule has 0 atom stereocenters. The van der Waals surface area contributed by atoms with Crippen molar-refractivity contribution in [2.24, 2.45) is 0 Å². The van der Waals surface area contributed by atoms with Gasteiger partial charge in [-0.1, -0.05) is 31.2 Å². The van der Waals surface area contributed by atoms with Gasteiger partial charge in [0.15, 0.2) is 0 Å². The lowest BCUT2D eigenvalue weighted by Gasteiger charge is -2.09. The maximum Gasteiger partial charge on any atom is 0.270 e. The molecule has 0 fully saturated rings. The Morgan fingerprint density at radius 2 is 2.00 bits per heavy atom. The lowest BCUT2D eigenvalue weighted by atomic mass is 9.97. The van der Waals surface area contributed by atoms with Gasteiger partial charge in [0.1, 0.15) is 0 Å². The molecule has 0 heterocycles. The Labute approximate surface area is 118 Å². The molecule has 0 amide bonds. The average molecular weight is 270 g/mol. The lowest BCUT2D eigenvalue weighted by Crippen LogP contribution is -2.11. The smallest absolute Gasteiger partial charge is 0.270 e. The van der Waals surface area contributed by atoms with E-state index < -0.39 is 0 Å². The summed E-state index contributed by atoms with van der Waals surface area (Å²) < 4.78 is 0. The van der Waals surface area contributed by atoms with E-state index in [1.54, 1.807) is 12.1 Å². The van der Waals surface area contributed by atoms with Crippen molar-refractivity contribution in [1.82, 2.24) is 5.32 Å². The van der Waals surface area contributed by atoms with Gasteiger partial charge in [-0.2, -0.15) is 0 Å². The SMILES string of the molecule is CCNCc1ccc(C)c(-c2cccc([N+](=O)[O-])c2)c1. The van der Waals surface area contributed by atoms with E-state index in [4.69, 9.17) is 0 Å². The Morgan fingerprint density at radius 3 is 2.70 bits per heavy atom. The van der Waals surface area contributed by atoms with Gasteiger partial charge in [-0.3, -0.25) is 10.1 Å². The molecule has 4 heteroatoms. The second-order valence-electron chi connectivity index (χ2n) is 4.74. The number of aryl methyl sites for hydroxylation is 1. The molecule has 0 aliphatic rings. The third kappa shape index (κ3) is 3.22. The van der Waals surface area contributed by atoms with Gasteiger partial charge in [0.05, 0.1) is 4.92 Å². The summed E-state index contributed by atoms with van der Waals surface area (Å²) in [5.41, 5.74) is 4.35. The van der Waals surface area contributed by atoms with Crippen LogP contribution in [0.5, 0.6) is 0 Å². The molecular weight excluding hydrogens is 252 g/mol. The first kappa shape index (κ1) is 14.2. The van der Waals surface area contributed by atoms with Crippen molar-refractivity contribution in [2.45, 2.75) is 20.4 Å². The summed E-state index contributed by atoms with van der Waals surface area (Å²) in [6, 6.07) is 13.0. The van der Waals surface area contributed by atoms with Gasteiger partial charge >= 0.3 is 0 Å². The van der Waals surface area contributed by atoms with Crippen molar-refractivity contribution >= 4 is 5.69 Å². The summed E-state index contributed by atoms with van der Waals surface area (Å²) in [7, 11) is 0. The fraction of sp³-hybridized carbons (Fsp3) is 0.250. The molecule has 2 aromatic carbocycles. The highest BCUT2D eigenvalue weighted by atomic mass is 16.6. The predicted molar refractivity (Wildman–Crippen MR) is 80.7 cm³/mol. The molecule has 4 nitrogen and oxygen atoms in total. The largest absolute Gasteiger partial charge is 0.313 e. The number of rotatable bonds is 5. The van der Waals surface area contributed by atoms with Crippen molar-refractivity contribution < 1.29 is 4.92 Å². The molecule has 2 rings (SSSR count). The molecule has 2 aromatic rings. The van der Waals surface area contributed by atoms with Crippen LogP contribution in [0.2, 0.25) is 0 Å². The quantitative estimate of drug-likeness (QED) is 0.666. The average Bonchev–Trinajstić information content (AvgIpc) is 2.46. The summed E-state index contributed by atoms with van der Waals surface area (Å²) in [5, 5.41) is 14.2. The maximum absolute atomic E-state index is 10.9. The van der Waals surface area contributed by atoms with Gasteiger partial charge < -0.3 is 5.32 Å². The molecule has 0 saturated heterocycles. The van der Waals surface area contributed by atoms with E-state index in [0.717, 1.165) is 29.8 Å². The summed E-state index contributed by atoms with van der Waals surface area (Å²) in [6.45, 7) is 5.81. The molecule has 0 radical (unpaired) electrons. The fourth-order valence-electron chi connectivity index (χ4n) is 2.15. The van der Waals surface area contributed by atoms with Crippen LogP contribution in [0, 0.1) is 17.0 Å². The standard InChI is InChI=1S/C16H18N2O2/c1-3-17-11-13-8-7-12(2)16(9-13)14-5-4-6-15(10-14)18(19)20/h4-10,17H,3,11H2,1-2H3. The number of nitro groups is 1. The van der Waals surface area contributed by atoms with Gasteiger partial charge in [-0.25, -0.2) is 0 Å².